The molecule has 0 amide bonds. The molecule has 18 heavy (non-hydrogen) atoms. The van der Waals surface area contributed by atoms with Gasteiger partial charge in [-0.2, -0.15) is 0 Å². The molecule has 1 unspecified atom stereocenters. The number of hydrogen-bond acceptors (Lipinski definition) is 2. The number of aryl methyl sites for hydroxylation is 1. The highest BCUT2D eigenvalue weighted by atomic mass is 15.1. The van der Waals surface area contributed by atoms with Gasteiger partial charge in [0.25, 0.3) is 0 Å². The van der Waals surface area contributed by atoms with Gasteiger partial charge in [0, 0.05) is 13.5 Å². The molecule has 1 atom stereocenters. The Labute approximate surface area is 109 Å². The number of imidazole rings is 1. The molecule has 0 spiro atoms. The summed E-state index contributed by atoms with van der Waals surface area (Å²) in [7, 11) is 2.10. The second kappa shape index (κ2) is 5.11. The van der Waals surface area contributed by atoms with Gasteiger partial charge in [-0.15, -0.1) is 0 Å². The third kappa shape index (κ3) is 2.41. The number of hydrogen-bond donors (Lipinski definition) is 1. The fraction of sp³-hybridized carbons (Fsp3) is 0.533. The molecule has 2 rings (SSSR count). The lowest BCUT2D eigenvalue weighted by atomic mass is 10.0. The lowest BCUT2D eigenvalue weighted by Crippen LogP contribution is -2.08. The molecule has 1 aromatic heterocycles. The summed E-state index contributed by atoms with van der Waals surface area (Å²) in [5.41, 5.74) is 9.30. The summed E-state index contributed by atoms with van der Waals surface area (Å²) in [6, 6.07) is 6.50. The molecule has 0 aliphatic heterocycles. The highest BCUT2D eigenvalue weighted by Crippen LogP contribution is 2.22. The third-order valence-electron chi connectivity index (χ3n) is 3.51. The lowest BCUT2D eigenvalue weighted by Gasteiger charge is -2.08. The topological polar surface area (TPSA) is 43.8 Å². The normalized spacial score (nSPS) is 13.4. The van der Waals surface area contributed by atoms with E-state index in [0.29, 0.717) is 18.4 Å². The van der Waals surface area contributed by atoms with Crippen molar-refractivity contribution in [1.82, 2.24) is 9.55 Å². The zero-order valence-electron chi connectivity index (χ0n) is 11.8. The number of nitrogens with zero attached hydrogens (tertiary/aromatic N) is 2. The Morgan fingerprint density at radius 1 is 1.28 bits per heavy atom. The number of rotatable bonds is 4. The van der Waals surface area contributed by atoms with Gasteiger partial charge in [0.05, 0.1) is 11.0 Å². The SMILES string of the molecule is CC(C)Cc1nc2cc(C(C)CN)ccc2n1C. The molecule has 0 fully saturated rings. The van der Waals surface area contributed by atoms with Crippen LogP contribution in [0.2, 0.25) is 0 Å². The maximum atomic E-state index is 5.72. The molecule has 0 aliphatic carbocycles. The monoisotopic (exact) mass is 245 g/mol. The Bertz CT molecular complexity index is 540. The summed E-state index contributed by atoms with van der Waals surface area (Å²) < 4.78 is 2.20. The van der Waals surface area contributed by atoms with Crippen molar-refractivity contribution in [2.45, 2.75) is 33.1 Å². The number of fused-ring (bicyclic) bond motifs is 1. The first kappa shape index (κ1) is 13.1. The quantitative estimate of drug-likeness (QED) is 0.900. The first-order valence-electron chi connectivity index (χ1n) is 6.68. The average Bonchev–Trinajstić information content (AvgIpc) is 2.64. The minimum atomic E-state index is 0.393. The number of aromatic nitrogens is 2. The van der Waals surface area contributed by atoms with E-state index in [4.69, 9.17) is 10.7 Å². The van der Waals surface area contributed by atoms with Crippen LogP contribution in [0, 0.1) is 5.92 Å². The third-order valence-corrected chi connectivity index (χ3v) is 3.51. The minimum absolute atomic E-state index is 0.393. The van der Waals surface area contributed by atoms with Crippen molar-refractivity contribution in [1.29, 1.82) is 0 Å². The Hall–Kier alpha value is -1.35. The van der Waals surface area contributed by atoms with Crippen LogP contribution in [-0.2, 0) is 13.5 Å². The minimum Gasteiger partial charge on any atom is -0.331 e. The summed E-state index contributed by atoms with van der Waals surface area (Å²) in [6.07, 6.45) is 1.02. The van der Waals surface area contributed by atoms with Crippen molar-refractivity contribution in [2.75, 3.05) is 6.54 Å². The van der Waals surface area contributed by atoms with Crippen molar-refractivity contribution in [3.63, 3.8) is 0 Å². The van der Waals surface area contributed by atoms with Crippen molar-refractivity contribution in [2.24, 2.45) is 18.7 Å². The van der Waals surface area contributed by atoms with Gasteiger partial charge in [-0.3, -0.25) is 0 Å². The van der Waals surface area contributed by atoms with Gasteiger partial charge >= 0.3 is 0 Å². The van der Waals surface area contributed by atoms with Gasteiger partial charge in [0.1, 0.15) is 5.82 Å². The largest absolute Gasteiger partial charge is 0.331 e. The smallest absolute Gasteiger partial charge is 0.109 e. The van der Waals surface area contributed by atoms with Crippen molar-refractivity contribution >= 4 is 11.0 Å². The average molecular weight is 245 g/mol. The molecule has 3 heteroatoms. The highest BCUT2D eigenvalue weighted by molar-refractivity contribution is 5.77. The molecule has 1 aromatic carbocycles. The van der Waals surface area contributed by atoms with E-state index in [1.807, 2.05) is 0 Å². The predicted molar refractivity (Wildman–Crippen MR) is 76.7 cm³/mol. The molecule has 0 saturated heterocycles. The second-order valence-electron chi connectivity index (χ2n) is 5.57. The van der Waals surface area contributed by atoms with Crippen LogP contribution in [0.3, 0.4) is 0 Å². The zero-order chi connectivity index (χ0) is 13.3. The Morgan fingerprint density at radius 3 is 2.61 bits per heavy atom. The van der Waals surface area contributed by atoms with Gasteiger partial charge < -0.3 is 10.3 Å². The van der Waals surface area contributed by atoms with E-state index >= 15 is 0 Å². The fourth-order valence-electron chi connectivity index (χ4n) is 2.26. The summed E-state index contributed by atoms with van der Waals surface area (Å²) in [5.74, 6) is 2.19. The van der Waals surface area contributed by atoms with Crippen molar-refractivity contribution in [3.05, 3.63) is 29.6 Å². The number of benzene rings is 1. The van der Waals surface area contributed by atoms with Gasteiger partial charge in [0.15, 0.2) is 0 Å². The molecule has 0 aliphatic rings. The molecule has 98 valence electrons. The van der Waals surface area contributed by atoms with Crippen LogP contribution in [0.4, 0.5) is 0 Å². The second-order valence-corrected chi connectivity index (χ2v) is 5.57. The standard InChI is InChI=1S/C15H23N3/c1-10(2)7-15-17-13-8-12(11(3)9-16)5-6-14(13)18(15)4/h5-6,8,10-11H,7,9,16H2,1-4H3. The van der Waals surface area contributed by atoms with E-state index in [9.17, 15) is 0 Å². The van der Waals surface area contributed by atoms with E-state index in [2.05, 4.69) is 50.6 Å². The summed E-state index contributed by atoms with van der Waals surface area (Å²) in [5, 5.41) is 0. The van der Waals surface area contributed by atoms with Crippen LogP contribution in [-0.4, -0.2) is 16.1 Å². The summed E-state index contributed by atoms with van der Waals surface area (Å²) in [4.78, 5) is 4.75. The Morgan fingerprint density at radius 2 is 2.00 bits per heavy atom. The maximum absolute atomic E-state index is 5.72. The highest BCUT2D eigenvalue weighted by Gasteiger charge is 2.11. The van der Waals surface area contributed by atoms with Crippen LogP contribution in [0.1, 0.15) is 38.1 Å². The summed E-state index contributed by atoms with van der Waals surface area (Å²) >= 11 is 0. The lowest BCUT2D eigenvalue weighted by molar-refractivity contribution is 0.606. The van der Waals surface area contributed by atoms with Crippen LogP contribution < -0.4 is 5.73 Å². The molecule has 0 radical (unpaired) electrons. The maximum Gasteiger partial charge on any atom is 0.109 e. The Kier molecular flexibility index (Phi) is 3.71. The van der Waals surface area contributed by atoms with Crippen LogP contribution in [0.5, 0.6) is 0 Å². The van der Waals surface area contributed by atoms with E-state index < -0.39 is 0 Å². The number of nitrogens with two attached hydrogens (primary N) is 1. The van der Waals surface area contributed by atoms with Gasteiger partial charge in [-0.25, -0.2) is 4.98 Å². The van der Waals surface area contributed by atoms with E-state index in [1.54, 1.807) is 0 Å². The molecule has 0 bridgehead atoms. The first-order chi connectivity index (χ1) is 8.52. The molecular formula is C15H23N3. The van der Waals surface area contributed by atoms with E-state index in [0.717, 1.165) is 17.8 Å². The van der Waals surface area contributed by atoms with Gasteiger partial charge in [0.2, 0.25) is 0 Å². The Balaban J connectivity index is 2.45. The molecule has 2 N–H and O–H groups in total. The zero-order valence-corrected chi connectivity index (χ0v) is 11.8. The summed E-state index contributed by atoms with van der Waals surface area (Å²) in [6.45, 7) is 7.28. The van der Waals surface area contributed by atoms with Crippen LogP contribution in [0.25, 0.3) is 11.0 Å². The predicted octanol–water partition coefficient (Wildman–Crippen LogP) is 2.83. The van der Waals surface area contributed by atoms with Crippen molar-refractivity contribution < 1.29 is 0 Å². The molecule has 0 saturated carbocycles. The fourth-order valence-corrected chi connectivity index (χ4v) is 2.26. The molecule has 3 nitrogen and oxygen atoms in total. The van der Waals surface area contributed by atoms with E-state index in [1.165, 1.54) is 11.1 Å². The molecule has 1 heterocycles. The van der Waals surface area contributed by atoms with Crippen LogP contribution in [0.15, 0.2) is 18.2 Å². The van der Waals surface area contributed by atoms with Gasteiger partial charge in [-0.1, -0.05) is 26.8 Å². The van der Waals surface area contributed by atoms with E-state index in [-0.39, 0.29) is 0 Å². The van der Waals surface area contributed by atoms with Gasteiger partial charge in [-0.05, 0) is 36.1 Å². The van der Waals surface area contributed by atoms with Crippen LogP contribution >= 0.6 is 0 Å². The molecule has 2 aromatic rings. The van der Waals surface area contributed by atoms with Crippen molar-refractivity contribution in [3.8, 4) is 0 Å². The molecular weight excluding hydrogens is 222 g/mol. The first-order valence-corrected chi connectivity index (χ1v) is 6.68.